The van der Waals surface area contributed by atoms with Crippen LogP contribution in [0.25, 0.3) is 0 Å². The molecule has 0 saturated heterocycles. The number of nitrogens with one attached hydrogen (secondary N) is 2. The van der Waals surface area contributed by atoms with E-state index in [2.05, 4.69) is 10.6 Å². The zero-order valence-corrected chi connectivity index (χ0v) is 34.7. The smallest absolute Gasteiger partial charge is 0.303 e. The number of ketones is 4. The molecule has 4 atom stereocenters. The number of amides is 2. The van der Waals surface area contributed by atoms with Crippen molar-refractivity contribution in [2.24, 2.45) is 23.7 Å². The highest BCUT2D eigenvalue weighted by Crippen LogP contribution is 2.21. The number of benzene rings is 1. The molecule has 8 N–H and O–H groups in total. The summed E-state index contributed by atoms with van der Waals surface area (Å²) in [5.74, 6) is -6.99. The number of anilines is 2. The van der Waals surface area contributed by atoms with Gasteiger partial charge in [0.15, 0.2) is 17.3 Å². The first-order chi connectivity index (χ1) is 26.8. The number of carbonyl (C=O) groups excluding carboxylic acids is 6. The molecule has 4 unspecified atom stereocenters. The van der Waals surface area contributed by atoms with E-state index in [0.29, 0.717) is 29.8 Å². The summed E-state index contributed by atoms with van der Waals surface area (Å²) in [6.45, 7) is 8.22. The predicted octanol–water partition coefficient (Wildman–Crippen LogP) is 6.47. The van der Waals surface area contributed by atoms with Gasteiger partial charge < -0.3 is 32.3 Å². The molecule has 0 spiro atoms. The Hall–Kier alpha value is -4.62. The monoisotopic (exact) mass is 800 g/mol. The Morgan fingerprint density at radius 2 is 0.965 bits per heavy atom. The third kappa shape index (κ3) is 21.5. The maximum atomic E-state index is 13.5. The summed E-state index contributed by atoms with van der Waals surface area (Å²) in [4.78, 5) is 100. The van der Waals surface area contributed by atoms with Gasteiger partial charge in [-0.25, -0.2) is 0 Å². The van der Waals surface area contributed by atoms with Crippen LogP contribution < -0.4 is 22.1 Å². The van der Waals surface area contributed by atoms with E-state index in [-0.39, 0.29) is 61.9 Å². The van der Waals surface area contributed by atoms with Crippen LogP contribution in [-0.4, -0.2) is 69.2 Å². The molecule has 14 nitrogen and oxygen atoms in total. The number of carboxylic acids is 2. The average Bonchev–Trinajstić information content (AvgIpc) is 3.11. The van der Waals surface area contributed by atoms with Crippen molar-refractivity contribution in [3.63, 3.8) is 0 Å². The fraction of sp³-hybridized carbons (Fsp3) is 0.674. The van der Waals surface area contributed by atoms with Gasteiger partial charge in [-0.05, 0) is 62.6 Å². The predicted molar refractivity (Wildman–Crippen MR) is 219 cm³/mol. The molecule has 1 rings (SSSR count). The molecule has 0 fully saturated rings. The van der Waals surface area contributed by atoms with Gasteiger partial charge in [-0.1, -0.05) is 79.1 Å². The SMILES string of the molecule is CC(=O)C(CCC(=O)O)CC(=O)C(NC(=O)C(CCC(=O)O)CC(=O)C(NC(=O)CCCCCCCCCCCCC(=O)c1cc(N)cc(N)c1)C(C)C)C(C)C. The molecule has 1 aromatic rings. The minimum atomic E-state index is -1.16. The lowest BCUT2D eigenvalue weighted by atomic mass is 9.86. The summed E-state index contributed by atoms with van der Waals surface area (Å²) in [6, 6.07) is 3.02. The van der Waals surface area contributed by atoms with Crippen molar-refractivity contribution < 1.29 is 48.6 Å². The molecule has 57 heavy (non-hydrogen) atoms. The number of rotatable bonds is 32. The molecule has 320 valence electrons. The fourth-order valence-electron chi connectivity index (χ4n) is 6.83. The number of unbranched alkanes of at least 4 members (excludes halogenated alkanes) is 9. The molecule has 14 heteroatoms. The van der Waals surface area contributed by atoms with E-state index in [1.807, 2.05) is 0 Å². The second kappa shape index (κ2) is 27.1. The summed E-state index contributed by atoms with van der Waals surface area (Å²) >= 11 is 0. The van der Waals surface area contributed by atoms with Crippen LogP contribution in [0.5, 0.6) is 0 Å². The van der Waals surface area contributed by atoms with Crippen molar-refractivity contribution in [1.29, 1.82) is 0 Å². The molecule has 0 radical (unpaired) electrons. The minimum Gasteiger partial charge on any atom is -0.481 e. The number of Topliss-reactive ketones (excluding diaryl/α,β-unsaturated/α-hetero) is 4. The van der Waals surface area contributed by atoms with E-state index < -0.39 is 65.7 Å². The highest BCUT2D eigenvalue weighted by Gasteiger charge is 2.33. The van der Waals surface area contributed by atoms with Crippen LogP contribution >= 0.6 is 0 Å². The Kier molecular flexibility index (Phi) is 24.0. The second-order valence-corrected chi connectivity index (χ2v) is 16.1. The van der Waals surface area contributed by atoms with Gasteiger partial charge in [0.2, 0.25) is 11.8 Å². The summed E-state index contributed by atoms with van der Waals surface area (Å²) in [6.07, 6.45) is 8.96. The number of nitrogens with two attached hydrogens (primary N) is 2. The van der Waals surface area contributed by atoms with Crippen LogP contribution in [0.2, 0.25) is 0 Å². The number of carboxylic acid groups (broad SMARTS) is 2. The zero-order valence-electron chi connectivity index (χ0n) is 34.7. The van der Waals surface area contributed by atoms with Crippen molar-refractivity contribution in [3.05, 3.63) is 23.8 Å². The summed E-state index contributed by atoms with van der Waals surface area (Å²) in [7, 11) is 0. The van der Waals surface area contributed by atoms with Crippen LogP contribution in [0.4, 0.5) is 11.4 Å². The van der Waals surface area contributed by atoms with Crippen molar-refractivity contribution in [1.82, 2.24) is 10.6 Å². The summed E-state index contributed by atoms with van der Waals surface area (Å²) in [5, 5.41) is 23.9. The van der Waals surface area contributed by atoms with Crippen molar-refractivity contribution in [2.45, 2.75) is 162 Å². The van der Waals surface area contributed by atoms with Crippen LogP contribution in [0.1, 0.15) is 161 Å². The first kappa shape index (κ1) is 50.4. The Morgan fingerprint density at radius 3 is 1.40 bits per heavy atom. The Balaban J connectivity index is 2.56. The molecule has 0 aliphatic rings. The quantitative estimate of drug-likeness (QED) is 0.0261. The fourth-order valence-corrected chi connectivity index (χ4v) is 6.83. The third-order valence-electron chi connectivity index (χ3n) is 10.3. The molecular formula is C43H68N4O10. The standard InChI is InChI=1S/C43H68N4O10/c1-27(2)41(46-38(52)17-15-13-11-9-7-6-8-10-12-14-16-35(49)32-22-33(44)26-34(45)23-32)37(51)25-31(19-21-40(55)56)43(57)47-42(28(3)4)36(50)24-30(29(5)48)18-20-39(53)54/h22-23,26-28,30-31,41-42H,6-21,24-25,44-45H2,1-5H3,(H,46,52)(H,47,57)(H,53,54)(H,55,56). The largest absolute Gasteiger partial charge is 0.481 e. The van der Waals surface area contributed by atoms with Crippen LogP contribution in [0.15, 0.2) is 18.2 Å². The first-order valence-corrected chi connectivity index (χ1v) is 20.6. The first-order valence-electron chi connectivity index (χ1n) is 20.6. The number of nitrogen functional groups attached to an aromatic ring is 2. The van der Waals surface area contributed by atoms with Crippen molar-refractivity contribution in [3.8, 4) is 0 Å². The van der Waals surface area contributed by atoms with Gasteiger partial charge in [0, 0.05) is 67.3 Å². The van der Waals surface area contributed by atoms with Crippen LogP contribution in [0, 0.1) is 23.7 Å². The highest BCUT2D eigenvalue weighted by atomic mass is 16.4. The molecule has 0 aromatic heterocycles. The topological polar surface area (TPSA) is 253 Å². The van der Waals surface area contributed by atoms with Gasteiger partial charge >= 0.3 is 11.9 Å². The van der Waals surface area contributed by atoms with E-state index in [0.717, 1.165) is 57.8 Å². The molecule has 0 heterocycles. The zero-order chi connectivity index (χ0) is 43.1. The summed E-state index contributed by atoms with van der Waals surface area (Å²) < 4.78 is 0. The van der Waals surface area contributed by atoms with E-state index in [1.165, 1.54) is 6.92 Å². The molecule has 0 aliphatic heterocycles. The maximum absolute atomic E-state index is 13.5. The lowest BCUT2D eigenvalue weighted by Crippen LogP contribution is -2.49. The molecule has 2 amide bonds. The molecule has 0 bridgehead atoms. The molecule has 0 aliphatic carbocycles. The lowest BCUT2D eigenvalue weighted by Gasteiger charge is -2.27. The van der Waals surface area contributed by atoms with Crippen LogP contribution in [0.3, 0.4) is 0 Å². The number of aliphatic carboxylic acids is 2. The van der Waals surface area contributed by atoms with Gasteiger partial charge in [-0.3, -0.25) is 38.4 Å². The van der Waals surface area contributed by atoms with E-state index in [9.17, 15) is 43.5 Å². The highest BCUT2D eigenvalue weighted by molar-refractivity contribution is 5.98. The number of hydrogen-bond donors (Lipinski definition) is 6. The minimum absolute atomic E-state index is 0.0225. The van der Waals surface area contributed by atoms with Gasteiger partial charge in [0.05, 0.1) is 12.1 Å². The van der Waals surface area contributed by atoms with Crippen LogP contribution in [-0.2, 0) is 33.6 Å². The number of carbonyl (C=O) groups is 8. The summed E-state index contributed by atoms with van der Waals surface area (Å²) in [5.41, 5.74) is 13.1. The molecule has 0 saturated carbocycles. The van der Waals surface area contributed by atoms with Gasteiger partial charge in [0.1, 0.15) is 5.78 Å². The van der Waals surface area contributed by atoms with Crippen molar-refractivity contribution >= 4 is 58.3 Å². The lowest BCUT2D eigenvalue weighted by molar-refractivity contribution is -0.139. The normalized spacial score (nSPS) is 13.4. The second-order valence-electron chi connectivity index (χ2n) is 16.1. The van der Waals surface area contributed by atoms with E-state index >= 15 is 0 Å². The molecular weight excluding hydrogens is 732 g/mol. The van der Waals surface area contributed by atoms with Gasteiger partial charge in [-0.15, -0.1) is 0 Å². The Bertz CT molecular complexity index is 1490. The average molecular weight is 801 g/mol. The van der Waals surface area contributed by atoms with Gasteiger partial charge in [-0.2, -0.15) is 0 Å². The molecule has 1 aromatic carbocycles. The van der Waals surface area contributed by atoms with E-state index in [1.54, 1.807) is 45.9 Å². The Morgan fingerprint density at radius 1 is 0.561 bits per heavy atom. The van der Waals surface area contributed by atoms with Gasteiger partial charge in [0.25, 0.3) is 0 Å². The third-order valence-corrected chi connectivity index (χ3v) is 10.3. The Labute approximate surface area is 338 Å². The maximum Gasteiger partial charge on any atom is 0.303 e. The van der Waals surface area contributed by atoms with Crippen molar-refractivity contribution in [2.75, 3.05) is 11.5 Å². The number of hydrogen-bond acceptors (Lipinski definition) is 10. The van der Waals surface area contributed by atoms with E-state index in [4.69, 9.17) is 16.6 Å².